The van der Waals surface area contributed by atoms with Crippen molar-refractivity contribution in [1.29, 1.82) is 0 Å². The number of fused-ring (bicyclic) bond motifs is 2. The first-order valence-electron chi connectivity index (χ1n) is 12.2. The molecule has 0 saturated heterocycles. The van der Waals surface area contributed by atoms with Crippen molar-refractivity contribution in [3.8, 4) is 33.8 Å². The monoisotopic (exact) mass is 461 g/mol. The molecule has 1 aliphatic heterocycles. The van der Waals surface area contributed by atoms with Crippen LogP contribution in [-0.4, -0.2) is 0 Å². The van der Waals surface area contributed by atoms with Gasteiger partial charge in [0.25, 0.3) is 0 Å². The maximum atomic E-state index is 6.31. The molecule has 170 valence electrons. The van der Waals surface area contributed by atoms with Gasteiger partial charge in [-0.05, 0) is 76.7 Å². The number of ether oxygens (including phenoxy) is 1. The molecule has 0 atom stereocenters. The van der Waals surface area contributed by atoms with Gasteiger partial charge < -0.3 is 9.64 Å². The van der Waals surface area contributed by atoms with E-state index in [1.54, 1.807) is 0 Å². The number of para-hydroxylation sites is 2. The highest BCUT2D eigenvalue weighted by atomic mass is 16.5. The zero-order valence-corrected chi connectivity index (χ0v) is 19.6. The summed E-state index contributed by atoms with van der Waals surface area (Å²) in [5.41, 5.74) is 8.05. The molecule has 2 nitrogen and oxygen atoms in total. The Morgan fingerprint density at radius 3 is 1.81 bits per heavy atom. The van der Waals surface area contributed by atoms with Crippen molar-refractivity contribution >= 4 is 27.8 Å². The van der Waals surface area contributed by atoms with Gasteiger partial charge in [-0.25, -0.2) is 0 Å². The fourth-order valence-corrected chi connectivity index (χ4v) is 5.17. The van der Waals surface area contributed by atoms with Gasteiger partial charge in [0.1, 0.15) is 11.5 Å². The van der Waals surface area contributed by atoms with Gasteiger partial charge in [0.2, 0.25) is 0 Å². The number of nitrogens with zero attached hydrogens (tertiary/aromatic N) is 1. The fraction of sp³-hybridized carbons (Fsp3) is 0. The van der Waals surface area contributed by atoms with Gasteiger partial charge in [-0.1, -0.05) is 84.9 Å². The third kappa shape index (κ3) is 3.43. The zero-order valence-electron chi connectivity index (χ0n) is 19.6. The highest BCUT2D eigenvalue weighted by molar-refractivity contribution is 6.04. The fourth-order valence-electron chi connectivity index (χ4n) is 5.17. The van der Waals surface area contributed by atoms with Crippen LogP contribution in [0.1, 0.15) is 0 Å². The van der Waals surface area contributed by atoms with Crippen LogP contribution in [0.3, 0.4) is 0 Å². The molecular weight excluding hydrogens is 438 g/mol. The molecule has 0 unspecified atom stereocenters. The lowest BCUT2D eigenvalue weighted by Gasteiger charge is -2.26. The van der Waals surface area contributed by atoms with Crippen molar-refractivity contribution in [2.24, 2.45) is 0 Å². The van der Waals surface area contributed by atoms with Crippen LogP contribution in [0.2, 0.25) is 0 Å². The SMILES string of the molecule is c1ccc(N(c2ccccc2)c2cccc(-c3ccc4c(c3)-c3cccc5cccc(c35)O4)c2)cc1. The Morgan fingerprint density at radius 1 is 0.417 bits per heavy atom. The minimum absolute atomic E-state index is 0.899. The van der Waals surface area contributed by atoms with E-state index in [0.717, 1.165) is 45.3 Å². The first-order valence-corrected chi connectivity index (χ1v) is 12.2. The van der Waals surface area contributed by atoms with Crippen molar-refractivity contribution in [3.05, 3.63) is 140 Å². The van der Waals surface area contributed by atoms with Crippen LogP contribution in [0, 0.1) is 0 Å². The van der Waals surface area contributed by atoms with Crippen LogP contribution in [0.4, 0.5) is 17.1 Å². The van der Waals surface area contributed by atoms with Crippen LogP contribution < -0.4 is 9.64 Å². The lowest BCUT2D eigenvalue weighted by molar-refractivity contribution is 0.487. The lowest BCUT2D eigenvalue weighted by Crippen LogP contribution is -2.09. The average molecular weight is 462 g/mol. The molecule has 0 aliphatic carbocycles. The first kappa shape index (κ1) is 20.5. The topological polar surface area (TPSA) is 12.5 Å². The normalized spacial score (nSPS) is 11.6. The van der Waals surface area contributed by atoms with Crippen LogP contribution in [-0.2, 0) is 0 Å². The van der Waals surface area contributed by atoms with E-state index in [1.165, 1.54) is 16.3 Å². The molecular formula is C34H23NO. The predicted molar refractivity (Wildman–Crippen MR) is 150 cm³/mol. The Kier molecular flexibility index (Phi) is 4.82. The summed E-state index contributed by atoms with van der Waals surface area (Å²) in [5, 5.41) is 2.38. The van der Waals surface area contributed by atoms with E-state index in [4.69, 9.17) is 4.74 Å². The van der Waals surface area contributed by atoms with E-state index in [-0.39, 0.29) is 0 Å². The number of benzene rings is 6. The van der Waals surface area contributed by atoms with Gasteiger partial charge in [-0.2, -0.15) is 0 Å². The molecule has 0 fully saturated rings. The third-order valence-corrected chi connectivity index (χ3v) is 6.82. The number of rotatable bonds is 4. The van der Waals surface area contributed by atoms with Gasteiger partial charge in [0, 0.05) is 28.0 Å². The number of hydrogen-bond donors (Lipinski definition) is 0. The van der Waals surface area contributed by atoms with Gasteiger partial charge >= 0.3 is 0 Å². The third-order valence-electron chi connectivity index (χ3n) is 6.82. The smallest absolute Gasteiger partial charge is 0.135 e. The van der Waals surface area contributed by atoms with Crippen molar-refractivity contribution in [2.75, 3.05) is 4.90 Å². The predicted octanol–water partition coefficient (Wildman–Crippen LogP) is 9.75. The van der Waals surface area contributed by atoms with E-state index >= 15 is 0 Å². The second kappa shape index (κ2) is 8.44. The minimum atomic E-state index is 0.899. The molecule has 2 heteroatoms. The first-order chi connectivity index (χ1) is 17.8. The minimum Gasteiger partial charge on any atom is -0.456 e. The Balaban J connectivity index is 1.35. The Bertz CT molecular complexity index is 1660. The Morgan fingerprint density at radius 2 is 1.06 bits per heavy atom. The summed E-state index contributed by atoms with van der Waals surface area (Å²) in [6.07, 6.45) is 0. The van der Waals surface area contributed by atoms with Gasteiger partial charge in [0.15, 0.2) is 0 Å². The molecule has 7 rings (SSSR count). The van der Waals surface area contributed by atoms with E-state index in [1.807, 2.05) is 6.07 Å². The van der Waals surface area contributed by atoms with Crippen molar-refractivity contribution < 1.29 is 4.74 Å². The van der Waals surface area contributed by atoms with Gasteiger partial charge in [-0.15, -0.1) is 0 Å². The summed E-state index contributed by atoms with van der Waals surface area (Å²) < 4.78 is 6.31. The highest BCUT2D eigenvalue weighted by Crippen LogP contribution is 2.47. The van der Waals surface area contributed by atoms with E-state index in [9.17, 15) is 0 Å². The van der Waals surface area contributed by atoms with Crippen LogP contribution in [0.25, 0.3) is 33.0 Å². The number of anilines is 3. The molecule has 6 aromatic carbocycles. The largest absolute Gasteiger partial charge is 0.456 e. The molecule has 0 amide bonds. The molecule has 0 N–H and O–H groups in total. The summed E-state index contributed by atoms with van der Waals surface area (Å²) in [6.45, 7) is 0. The highest BCUT2D eigenvalue weighted by Gasteiger charge is 2.20. The molecule has 36 heavy (non-hydrogen) atoms. The maximum absolute atomic E-state index is 6.31. The molecule has 0 spiro atoms. The molecule has 0 saturated carbocycles. The van der Waals surface area contributed by atoms with E-state index in [2.05, 4.69) is 138 Å². The Labute approximate surface area is 210 Å². The summed E-state index contributed by atoms with van der Waals surface area (Å²) in [7, 11) is 0. The second-order valence-electron chi connectivity index (χ2n) is 9.03. The second-order valence-corrected chi connectivity index (χ2v) is 9.03. The lowest BCUT2D eigenvalue weighted by atomic mass is 9.92. The van der Waals surface area contributed by atoms with Gasteiger partial charge in [-0.3, -0.25) is 0 Å². The molecule has 0 radical (unpaired) electrons. The van der Waals surface area contributed by atoms with Gasteiger partial charge in [0.05, 0.1) is 0 Å². The van der Waals surface area contributed by atoms with Crippen LogP contribution in [0.5, 0.6) is 11.5 Å². The van der Waals surface area contributed by atoms with Crippen LogP contribution >= 0.6 is 0 Å². The molecule has 1 heterocycles. The van der Waals surface area contributed by atoms with Crippen molar-refractivity contribution in [3.63, 3.8) is 0 Å². The quantitative estimate of drug-likeness (QED) is 0.259. The molecule has 0 bridgehead atoms. The van der Waals surface area contributed by atoms with Crippen molar-refractivity contribution in [1.82, 2.24) is 0 Å². The standard InChI is InChI=1S/C34H23NO/c1-3-13-27(14-4-1)35(28-15-5-2-6-16-28)29-17-7-12-25(22-29)26-20-21-32-31(23-26)30-18-8-10-24-11-9-19-33(36-32)34(24)30/h1-23H. The Hall–Kier alpha value is -4.82. The van der Waals surface area contributed by atoms with Crippen molar-refractivity contribution in [2.45, 2.75) is 0 Å². The average Bonchev–Trinajstić information content (AvgIpc) is 2.95. The zero-order chi connectivity index (χ0) is 23.9. The summed E-state index contributed by atoms with van der Waals surface area (Å²) >= 11 is 0. The maximum Gasteiger partial charge on any atom is 0.135 e. The van der Waals surface area contributed by atoms with Crippen LogP contribution in [0.15, 0.2) is 140 Å². The van der Waals surface area contributed by atoms with E-state index in [0.29, 0.717) is 0 Å². The number of hydrogen-bond acceptors (Lipinski definition) is 2. The molecule has 6 aromatic rings. The summed E-state index contributed by atoms with van der Waals surface area (Å²) in [6, 6.07) is 49.0. The summed E-state index contributed by atoms with van der Waals surface area (Å²) in [4.78, 5) is 2.29. The molecule has 0 aromatic heterocycles. The molecule has 1 aliphatic rings. The van der Waals surface area contributed by atoms with E-state index < -0.39 is 0 Å². The summed E-state index contributed by atoms with van der Waals surface area (Å²) in [5.74, 6) is 1.82.